The molecule has 0 bridgehead atoms. The van der Waals surface area contributed by atoms with Gasteiger partial charge in [-0.1, -0.05) is 0 Å². The molecule has 0 fully saturated rings. The summed E-state index contributed by atoms with van der Waals surface area (Å²) in [7, 11) is 0. The molecule has 1 aliphatic rings. The van der Waals surface area contributed by atoms with Crippen LogP contribution in [0.15, 0.2) is 6.20 Å². The average molecular weight is 241 g/mol. The Bertz CT molecular complexity index is 459. The van der Waals surface area contributed by atoms with E-state index in [1.54, 1.807) is 6.92 Å². The van der Waals surface area contributed by atoms with Crippen LogP contribution in [-0.2, 0) is 6.54 Å². The summed E-state index contributed by atoms with van der Waals surface area (Å²) in [6.07, 6.45) is -0.148. The number of aromatic nitrogens is 2. The maximum absolute atomic E-state index is 10.5. The third-order valence-electron chi connectivity index (χ3n) is 2.36. The van der Waals surface area contributed by atoms with E-state index in [4.69, 9.17) is 4.74 Å². The second-order valence-corrected chi connectivity index (χ2v) is 3.96. The van der Waals surface area contributed by atoms with Crippen LogP contribution in [0.4, 0.5) is 10.6 Å². The van der Waals surface area contributed by atoms with Gasteiger partial charge in [-0.05, 0) is 11.8 Å². The summed E-state index contributed by atoms with van der Waals surface area (Å²) in [5, 5.41) is 22.8. The van der Waals surface area contributed by atoms with Gasteiger partial charge in [0, 0.05) is 4.98 Å². The number of amides is 1. The minimum absolute atomic E-state index is 0.0203. The van der Waals surface area contributed by atoms with E-state index >= 15 is 0 Å². The Hall–Kier alpha value is -2.32. The Morgan fingerprint density at radius 3 is 3.06 bits per heavy atom. The molecule has 0 aromatic carbocycles. The van der Waals surface area contributed by atoms with E-state index in [0.717, 1.165) is 0 Å². The van der Waals surface area contributed by atoms with Gasteiger partial charge in [0.05, 0.1) is 13.1 Å². The maximum atomic E-state index is 10.5. The van der Waals surface area contributed by atoms with Gasteiger partial charge in [-0.3, -0.25) is 4.57 Å². The first-order valence-electron chi connectivity index (χ1n) is 4.75. The monoisotopic (exact) mass is 241 g/mol. The smallest absolute Gasteiger partial charge is 0.415 e. The molecule has 1 unspecified atom stereocenters. The van der Waals surface area contributed by atoms with E-state index in [-0.39, 0.29) is 24.9 Å². The van der Waals surface area contributed by atoms with Crippen molar-refractivity contribution in [2.45, 2.75) is 19.1 Å². The minimum Gasteiger partial charge on any atom is -0.530 e. The first-order chi connectivity index (χ1) is 7.89. The van der Waals surface area contributed by atoms with Gasteiger partial charge < -0.3 is 30.1 Å². The molecule has 0 spiro atoms. The molecule has 1 N–H and O–H groups in total. The van der Waals surface area contributed by atoms with Gasteiger partial charge in [0.2, 0.25) is 0 Å². The molecule has 9 heteroatoms. The van der Waals surface area contributed by atoms with E-state index < -0.39 is 16.6 Å². The number of carboxylic acid groups (broad SMARTS) is 1. The molecular weight excluding hydrogens is 232 g/mol. The zero-order valence-corrected chi connectivity index (χ0v) is 8.87. The zero-order valence-electron chi connectivity index (χ0n) is 8.87. The second-order valence-electron chi connectivity index (χ2n) is 3.96. The van der Waals surface area contributed by atoms with Crippen LogP contribution < -0.4 is 15.2 Å². The van der Waals surface area contributed by atoms with Gasteiger partial charge in [-0.2, -0.15) is 0 Å². The topological polar surface area (TPSA) is 122 Å². The maximum Gasteiger partial charge on any atom is 0.415 e. The molecule has 0 radical (unpaired) electrons. The fraction of sp³-hybridized carbons (Fsp3) is 0.500. The Labute approximate surface area is 95.2 Å². The number of nitrogens with one attached hydrogen (secondary N) is 1. The van der Waals surface area contributed by atoms with E-state index in [1.165, 1.54) is 10.8 Å². The summed E-state index contributed by atoms with van der Waals surface area (Å²) in [5.74, 6) is -0.296. The number of ether oxygens (including phenoxy) is 1. The van der Waals surface area contributed by atoms with Gasteiger partial charge in [-0.25, -0.2) is 0 Å². The van der Waals surface area contributed by atoms with Crippen molar-refractivity contribution in [3.05, 3.63) is 16.3 Å². The number of nitro groups is 1. The van der Waals surface area contributed by atoms with Crippen LogP contribution in [0, 0.1) is 10.1 Å². The lowest BCUT2D eigenvalue weighted by Gasteiger charge is -2.22. The average Bonchev–Trinajstić information content (AvgIpc) is 2.70. The summed E-state index contributed by atoms with van der Waals surface area (Å²) < 4.78 is 6.84. The largest absolute Gasteiger partial charge is 0.530 e. The van der Waals surface area contributed by atoms with Crippen LogP contribution >= 0.6 is 0 Å². The molecule has 1 aliphatic heterocycles. The highest BCUT2D eigenvalue weighted by Gasteiger charge is 2.40. The van der Waals surface area contributed by atoms with E-state index in [1.807, 2.05) is 0 Å². The molecule has 92 valence electrons. The van der Waals surface area contributed by atoms with Crippen molar-refractivity contribution >= 4 is 11.9 Å². The van der Waals surface area contributed by atoms with Gasteiger partial charge >= 0.3 is 11.8 Å². The van der Waals surface area contributed by atoms with Crippen molar-refractivity contribution in [2.75, 3.05) is 6.54 Å². The third kappa shape index (κ3) is 2.12. The Balaban J connectivity index is 2.08. The highest BCUT2D eigenvalue weighted by Crippen LogP contribution is 2.30. The molecule has 2 rings (SSSR count). The molecule has 1 aromatic rings. The van der Waals surface area contributed by atoms with Crippen molar-refractivity contribution in [3.8, 4) is 6.01 Å². The number of imidazole rings is 1. The second kappa shape index (κ2) is 3.61. The summed E-state index contributed by atoms with van der Waals surface area (Å²) in [4.78, 5) is 23.8. The van der Waals surface area contributed by atoms with Crippen molar-refractivity contribution in [1.82, 2.24) is 14.9 Å². The van der Waals surface area contributed by atoms with Crippen LogP contribution in [-0.4, -0.2) is 32.7 Å². The van der Waals surface area contributed by atoms with Crippen molar-refractivity contribution in [3.63, 3.8) is 0 Å². The van der Waals surface area contributed by atoms with Gasteiger partial charge in [0.15, 0.2) is 0 Å². The summed E-state index contributed by atoms with van der Waals surface area (Å²) in [6.45, 7) is 1.97. The Kier molecular flexibility index (Phi) is 2.37. The molecule has 0 saturated heterocycles. The highest BCUT2D eigenvalue weighted by atomic mass is 16.6. The number of nitrogens with zero attached hydrogens (tertiary/aromatic N) is 3. The van der Waals surface area contributed by atoms with E-state index in [2.05, 4.69) is 10.3 Å². The van der Waals surface area contributed by atoms with E-state index in [0.29, 0.717) is 0 Å². The van der Waals surface area contributed by atoms with Crippen molar-refractivity contribution in [1.29, 1.82) is 0 Å². The number of rotatable bonds is 3. The van der Waals surface area contributed by atoms with Gasteiger partial charge in [-0.15, -0.1) is 0 Å². The SMILES string of the molecule is CC1(CNC(=O)[O-])Cn2cc([N+](=O)[O-])nc2O1. The molecule has 1 aromatic heterocycles. The molecule has 9 nitrogen and oxygen atoms in total. The zero-order chi connectivity index (χ0) is 12.6. The summed E-state index contributed by atoms with van der Waals surface area (Å²) in [6, 6.07) is 0.111. The van der Waals surface area contributed by atoms with Gasteiger partial charge in [0.25, 0.3) is 0 Å². The van der Waals surface area contributed by atoms with Crippen molar-refractivity contribution in [2.24, 2.45) is 0 Å². The first-order valence-corrected chi connectivity index (χ1v) is 4.75. The molecule has 0 saturated carbocycles. The third-order valence-corrected chi connectivity index (χ3v) is 2.36. The normalized spacial score (nSPS) is 21.7. The molecule has 1 amide bonds. The van der Waals surface area contributed by atoms with Crippen LogP contribution in [0.1, 0.15) is 6.92 Å². The number of fused-ring (bicyclic) bond motifs is 1. The quantitative estimate of drug-likeness (QED) is 0.528. The standard InChI is InChI=1S/C8H10N4O5/c1-8(3-9-7(13)14)4-11-2-5(12(15)16)10-6(11)17-8/h2,9H,3-4H2,1H3,(H,13,14)/p-1. The first kappa shape index (κ1) is 11.2. The number of hydrogen-bond donors (Lipinski definition) is 1. The van der Waals surface area contributed by atoms with Crippen LogP contribution in [0.2, 0.25) is 0 Å². The lowest BCUT2D eigenvalue weighted by molar-refractivity contribution is -0.389. The molecular formula is C8H9N4O5-. The molecule has 1 atom stereocenters. The summed E-state index contributed by atoms with van der Waals surface area (Å²) in [5.41, 5.74) is -0.808. The van der Waals surface area contributed by atoms with Crippen LogP contribution in [0.3, 0.4) is 0 Å². The molecule has 2 heterocycles. The summed E-state index contributed by atoms with van der Waals surface area (Å²) >= 11 is 0. The van der Waals surface area contributed by atoms with Gasteiger partial charge in [0.1, 0.15) is 17.9 Å². The number of carbonyl (C=O) groups excluding carboxylic acids is 1. The number of carbonyl (C=O) groups is 1. The Morgan fingerprint density at radius 2 is 2.53 bits per heavy atom. The Morgan fingerprint density at radius 1 is 1.82 bits per heavy atom. The highest BCUT2D eigenvalue weighted by molar-refractivity contribution is 5.61. The predicted molar refractivity (Wildman–Crippen MR) is 51.3 cm³/mol. The fourth-order valence-electron chi connectivity index (χ4n) is 1.63. The van der Waals surface area contributed by atoms with E-state index in [9.17, 15) is 20.0 Å². The van der Waals surface area contributed by atoms with Crippen LogP contribution in [0.25, 0.3) is 0 Å². The molecule has 0 aliphatic carbocycles. The lowest BCUT2D eigenvalue weighted by Crippen LogP contribution is -2.48. The minimum atomic E-state index is -1.40. The number of hydrogen-bond acceptors (Lipinski definition) is 6. The van der Waals surface area contributed by atoms with Crippen molar-refractivity contribution < 1.29 is 19.6 Å². The lowest BCUT2D eigenvalue weighted by atomic mass is 10.1. The molecule has 17 heavy (non-hydrogen) atoms. The predicted octanol–water partition coefficient (Wildman–Crippen LogP) is -1.12. The fourth-order valence-corrected chi connectivity index (χ4v) is 1.63. The van der Waals surface area contributed by atoms with Crippen LogP contribution in [0.5, 0.6) is 6.01 Å².